The number of nitrogen functional groups attached to an aromatic ring is 1. The number of nitrogens with two attached hydrogens (primary N) is 1. The number of hydrogen-bond donors (Lipinski definition) is 1. The van der Waals surface area contributed by atoms with Gasteiger partial charge in [0.2, 0.25) is 5.91 Å². The first kappa shape index (κ1) is 14.4. The summed E-state index contributed by atoms with van der Waals surface area (Å²) in [4.78, 5) is 16.1. The van der Waals surface area contributed by atoms with Gasteiger partial charge < -0.3 is 15.5 Å². The summed E-state index contributed by atoms with van der Waals surface area (Å²) in [5, 5.41) is 0. The van der Waals surface area contributed by atoms with E-state index in [2.05, 4.69) is 0 Å². The highest BCUT2D eigenvalue weighted by molar-refractivity contribution is 5.85. The van der Waals surface area contributed by atoms with Crippen LogP contribution in [0, 0.1) is 0 Å². The van der Waals surface area contributed by atoms with Crippen LogP contribution in [-0.2, 0) is 4.79 Å². The number of carbonyl (C=O) groups excluding carboxylic acids is 1. The Hall–Kier alpha value is -1.71. The van der Waals surface area contributed by atoms with Crippen molar-refractivity contribution < 1.29 is 4.79 Å². The Balaban J connectivity index is 2.83. The van der Waals surface area contributed by atoms with Gasteiger partial charge in [-0.15, -0.1) is 0 Å². The Morgan fingerprint density at radius 3 is 2.44 bits per heavy atom. The summed E-state index contributed by atoms with van der Waals surface area (Å²) in [7, 11) is 1.92. The van der Waals surface area contributed by atoms with Gasteiger partial charge in [-0.25, -0.2) is 0 Å². The molecule has 0 fully saturated rings. The van der Waals surface area contributed by atoms with Crippen LogP contribution in [0.3, 0.4) is 0 Å². The van der Waals surface area contributed by atoms with Gasteiger partial charge in [-0.1, -0.05) is 6.07 Å². The average molecular weight is 249 g/mol. The van der Waals surface area contributed by atoms with Gasteiger partial charge in [0.25, 0.3) is 0 Å². The van der Waals surface area contributed by atoms with E-state index in [1.54, 1.807) is 0 Å². The molecule has 1 atom stereocenters. The lowest BCUT2D eigenvalue weighted by atomic mass is 10.2. The van der Waals surface area contributed by atoms with E-state index in [0.29, 0.717) is 5.69 Å². The van der Waals surface area contributed by atoms with E-state index in [1.807, 2.05) is 61.9 Å². The highest BCUT2D eigenvalue weighted by Crippen LogP contribution is 2.19. The minimum Gasteiger partial charge on any atom is -0.399 e. The summed E-state index contributed by atoms with van der Waals surface area (Å²) in [6.45, 7) is 7.39. The smallest absolute Gasteiger partial charge is 0.244 e. The van der Waals surface area contributed by atoms with Crippen molar-refractivity contribution in [2.75, 3.05) is 30.8 Å². The molecule has 1 unspecified atom stereocenters. The van der Waals surface area contributed by atoms with Crippen molar-refractivity contribution in [3.63, 3.8) is 0 Å². The number of carbonyl (C=O) groups is 1. The van der Waals surface area contributed by atoms with E-state index in [9.17, 15) is 4.79 Å². The number of hydrogen-bond acceptors (Lipinski definition) is 3. The molecule has 0 aromatic heterocycles. The van der Waals surface area contributed by atoms with Crippen LogP contribution in [0.25, 0.3) is 0 Å². The summed E-state index contributed by atoms with van der Waals surface area (Å²) in [6, 6.07) is 7.39. The van der Waals surface area contributed by atoms with Gasteiger partial charge in [-0.3, -0.25) is 4.79 Å². The number of anilines is 2. The quantitative estimate of drug-likeness (QED) is 0.812. The minimum atomic E-state index is -0.188. The Labute approximate surface area is 109 Å². The highest BCUT2D eigenvalue weighted by atomic mass is 16.2. The fraction of sp³-hybridized carbons (Fsp3) is 0.500. The molecule has 0 saturated heterocycles. The van der Waals surface area contributed by atoms with Crippen LogP contribution in [-0.4, -0.2) is 37.0 Å². The number of benzene rings is 1. The van der Waals surface area contributed by atoms with Crippen molar-refractivity contribution in [2.24, 2.45) is 0 Å². The van der Waals surface area contributed by atoms with Crippen LogP contribution < -0.4 is 10.6 Å². The van der Waals surface area contributed by atoms with E-state index in [4.69, 9.17) is 5.73 Å². The first-order valence-electron chi connectivity index (χ1n) is 6.38. The molecule has 0 saturated carbocycles. The Kier molecular flexibility index (Phi) is 5.01. The maximum Gasteiger partial charge on any atom is 0.244 e. The monoisotopic (exact) mass is 249 g/mol. The minimum absolute atomic E-state index is 0.143. The van der Waals surface area contributed by atoms with Gasteiger partial charge in [0.1, 0.15) is 6.04 Å². The lowest BCUT2D eigenvalue weighted by Crippen LogP contribution is -2.45. The molecule has 0 bridgehead atoms. The van der Waals surface area contributed by atoms with E-state index < -0.39 is 0 Å². The molecular formula is C14H23N3O. The summed E-state index contributed by atoms with van der Waals surface area (Å²) < 4.78 is 0. The Morgan fingerprint density at radius 2 is 1.94 bits per heavy atom. The third-order valence-corrected chi connectivity index (χ3v) is 3.29. The molecule has 1 aromatic rings. The van der Waals surface area contributed by atoms with Gasteiger partial charge in [-0.2, -0.15) is 0 Å². The first-order chi connectivity index (χ1) is 8.51. The zero-order valence-corrected chi connectivity index (χ0v) is 11.7. The highest BCUT2D eigenvalue weighted by Gasteiger charge is 2.22. The average Bonchev–Trinajstić information content (AvgIpc) is 2.38. The fourth-order valence-electron chi connectivity index (χ4n) is 1.93. The third-order valence-electron chi connectivity index (χ3n) is 3.29. The normalized spacial score (nSPS) is 12.0. The molecule has 0 aliphatic heterocycles. The molecule has 4 nitrogen and oxygen atoms in total. The fourth-order valence-corrected chi connectivity index (χ4v) is 1.93. The molecule has 1 rings (SSSR count). The van der Waals surface area contributed by atoms with Crippen LogP contribution in [0.2, 0.25) is 0 Å². The van der Waals surface area contributed by atoms with E-state index in [-0.39, 0.29) is 11.9 Å². The summed E-state index contributed by atoms with van der Waals surface area (Å²) in [5.74, 6) is 0.143. The van der Waals surface area contributed by atoms with Crippen molar-refractivity contribution in [3.8, 4) is 0 Å². The van der Waals surface area contributed by atoms with Crippen molar-refractivity contribution in [1.82, 2.24) is 4.90 Å². The number of likely N-dealkylation sites (N-methyl/N-ethyl adjacent to an activating group) is 2. The van der Waals surface area contributed by atoms with Gasteiger partial charge in [0, 0.05) is 31.5 Å². The number of rotatable bonds is 5. The predicted molar refractivity (Wildman–Crippen MR) is 76.6 cm³/mol. The van der Waals surface area contributed by atoms with Crippen LogP contribution in [0.4, 0.5) is 11.4 Å². The molecule has 0 spiro atoms. The number of amides is 1. The van der Waals surface area contributed by atoms with E-state index in [1.165, 1.54) is 0 Å². The molecule has 0 aliphatic rings. The molecule has 1 amide bonds. The molecule has 0 heterocycles. The van der Waals surface area contributed by atoms with Crippen molar-refractivity contribution in [3.05, 3.63) is 24.3 Å². The zero-order chi connectivity index (χ0) is 13.7. The second-order valence-corrected chi connectivity index (χ2v) is 4.39. The second-order valence-electron chi connectivity index (χ2n) is 4.39. The lowest BCUT2D eigenvalue weighted by molar-refractivity contribution is -0.131. The standard InChI is InChI=1S/C14H23N3O/c1-5-17(6-2)14(18)11(3)16(4)13-9-7-8-12(15)10-13/h7-11H,5-6,15H2,1-4H3. The maximum atomic E-state index is 12.3. The van der Waals surface area contributed by atoms with Crippen LogP contribution in [0.5, 0.6) is 0 Å². The summed E-state index contributed by atoms with van der Waals surface area (Å²) in [5.41, 5.74) is 7.43. The molecule has 100 valence electrons. The molecule has 1 aromatic carbocycles. The molecule has 0 radical (unpaired) electrons. The van der Waals surface area contributed by atoms with Gasteiger partial charge in [0.15, 0.2) is 0 Å². The van der Waals surface area contributed by atoms with Crippen molar-refractivity contribution in [2.45, 2.75) is 26.8 Å². The van der Waals surface area contributed by atoms with Crippen LogP contribution in [0.15, 0.2) is 24.3 Å². The zero-order valence-electron chi connectivity index (χ0n) is 11.7. The SMILES string of the molecule is CCN(CC)C(=O)C(C)N(C)c1cccc(N)c1. The molecule has 0 aliphatic carbocycles. The lowest BCUT2D eigenvalue weighted by Gasteiger charge is -2.30. The topological polar surface area (TPSA) is 49.6 Å². The summed E-state index contributed by atoms with van der Waals surface area (Å²) >= 11 is 0. The van der Waals surface area contributed by atoms with Crippen molar-refractivity contribution >= 4 is 17.3 Å². The largest absolute Gasteiger partial charge is 0.399 e. The third kappa shape index (κ3) is 3.15. The van der Waals surface area contributed by atoms with Crippen molar-refractivity contribution in [1.29, 1.82) is 0 Å². The Bertz CT molecular complexity index is 402. The van der Waals surface area contributed by atoms with Gasteiger partial charge >= 0.3 is 0 Å². The molecule has 18 heavy (non-hydrogen) atoms. The Morgan fingerprint density at radius 1 is 1.33 bits per heavy atom. The molecular weight excluding hydrogens is 226 g/mol. The maximum absolute atomic E-state index is 12.3. The van der Waals surface area contributed by atoms with Crippen LogP contribution >= 0.6 is 0 Å². The second kappa shape index (κ2) is 6.28. The van der Waals surface area contributed by atoms with E-state index in [0.717, 1.165) is 18.8 Å². The number of nitrogens with zero attached hydrogens (tertiary/aromatic N) is 2. The summed E-state index contributed by atoms with van der Waals surface area (Å²) in [6.07, 6.45) is 0. The molecule has 2 N–H and O–H groups in total. The first-order valence-corrected chi connectivity index (χ1v) is 6.38. The van der Waals surface area contributed by atoms with Gasteiger partial charge in [0.05, 0.1) is 0 Å². The molecule has 4 heteroatoms. The van der Waals surface area contributed by atoms with Crippen LogP contribution in [0.1, 0.15) is 20.8 Å². The predicted octanol–water partition coefficient (Wildman–Crippen LogP) is 1.96. The van der Waals surface area contributed by atoms with Gasteiger partial charge in [-0.05, 0) is 39.0 Å². The van der Waals surface area contributed by atoms with E-state index >= 15 is 0 Å².